The van der Waals surface area contributed by atoms with Crippen LogP contribution in [0.3, 0.4) is 0 Å². The Kier molecular flexibility index (Phi) is 1.85. The summed E-state index contributed by atoms with van der Waals surface area (Å²) < 4.78 is 0. The Morgan fingerprint density at radius 1 is 1.22 bits per heavy atom. The highest BCUT2D eigenvalue weighted by atomic mass is 35.5. The number of benzene rings is 1. The second-order valence-electron chi connectivity index (χ2n) is 1.64. The Bertz CT molecular complexity index is 205. The van der Waals surface area contributed by atoms with Crippen molar-refractivity contribution in [3.63, 3.8) is 0 Å². The first-order valence-corrected chi connectivity index (χ1v) is 2.93. The van der Waals surface area contributed by atoms with E-state index in [4.69, 9.17) is 11.6 Å². The Hall–Kier alpha value is -0.820. The predicted molar refractivity (Wildman–Crippen MR) is 36.6 cm³/mol. The van der Waals surface area contributed by atoms with Crippen LogP contribution in [0.5, 0.6) is 0 Å². The molecule has 0 saturated heterocycles. The number of rotatable bonds is 1. The summed E-state index contributed by atoms with van der Waals surface area (Å²) in [6.07, 6.45) is 0. The van der Waals surface area contributed by atoms with Gasteiger partial charge < -0.3 is 0 Å². The summed E-state index contributed by atoms with van der Waals surface area (Å²) in [5.74, 6) is 0. The van der Waals surface area contributed by atoms with Crippen LogP contribution < -0.4 is 0 Å². The van der Waals surface area contributed by atoms with Gasteiger partial charge in [0.1, 0.15) is 0 Å². The van der Waals surface area contributed by atoms with Crippen molar-refractivity contribution in [2.75, 3.05) is 0 Å². The summed E-state index contributed by atoms with van der Waals surface area (Å²) in [6, 6.07) is 8.74. The molecule has 2 heteroatoms. The normalized spacial score (nSPS) is 9.00. The fourth-order valence-electron chi connectivity index (χ4n) is 0.569. The number of carbonyl (C=O) groups is 1. The third-order valence-corrected chi connectivity index (χ3v) is 1.22. The van der Waals surface area contributed by atoms with Crippen molar-refractivity contribution in [3.05, 3.63) is 35.9 Å². The molecule has 1 nitrogen and oxygen atoms in total. The van der Waals surface area contributed by atoms with E-state index in [0.29, 0.717) is 5.56 Å². The first-order chi connectivity index (χ1) is 4.30. The molecule has 1 aromatic rings. The molecule has 0 atom stereocenters. The van der Waals surface area contributed by atoms with Gasteiger partial charge in [0, 0.05) is 5.56 Å². The number of hydrogen-bond donors (Lipinski definition) is 0. The Balaban J connectivity index is 2.98. The molecule has 0 fully saturated rings. The molecule has 0 radical (unpaired) electrons. The Morgan fingerprint density at radius 3 is 2.11 bits per heavy atom. The first-order valence-electron chi connectivity index (χ1n) is 2.55. The van der Waals surface area contributed by atoms with Gasteiger partial charge in [0.15, 0.2) is 0 Å². The zero-order valence-electron chi connectivity index (χ0n) is 4.67. The maximum Gasteiger partial charge on any atom is 0.252 e. The lowest BCUT2D eigenvalue weighted by Crippen LogP contribution is -1.84. The molecule has 0 saturated carbocycles. The average Bonchev–Trinajstić information content (AvgIpc) is 1.90. The highest BCUT2D eigenvalue weighted by molar-refractivity contribution is 6.67. The molecule has 0 unspecified atom stereocenters. The minimum absolute atomic E-state index is 0.407. The molecule has 0 aromatic heterocycles. The van der Waals surface area contributed by atoms with Crippen LogP contribution >= 0.6 is 11.6 Å². The molecule has 0 aliphatic rings. The van der Waals surface area contributed by atoms with E-state index in [1.165, 1.54) is 0 Å². The Labute approximate surface area is 58.3 Å². The minimum Gasteiger partial charge on any atom is -0.276 e. The lowest BCUT2D eigenvalue weighted by atomic mass is 11.0. The van der Waals surface area contributed by atoms with Gasteiger partial charge in [0.05, 0.1) is 0 Å². The number of halogens is 1. The van der Waals surface area contributed by atoms with E-state index in [1.54, 1.807) is 24.3 Å². The van der Waals surface area contributed by atoms with Crippen molar-refractivity contribution in [1.29, 1.82) is 0 Å². The van der Waals surface area contributed by atoms with Crippen molar-refractivity contribution >= 4 is 16.8 Å². The lowest BCUT2D eigenvalue weighted by Gasteiger charge is -1.87. The third kappa shape index (κ3) is 1.54. The van der Waals surface area contributed by atoms with Gasteiger partial charge in [-0.2, -0.15) is 0 Å². The molecule has 0 amide bonds. The summed E-state index contributed by atoms with van der Waals surface area (Å²) in [5.41, 5.74) is 0.541. The van der Waals surface area contributed by atoms with Gasteiger partial charge in [-0.05, 0) is 11.6 Å². The molecule has 46 valence electrons. The number of carbonyl (C=O) groups excluding carboxylic acids is 1. The second-order valence-corrected chi connectivity index (χ2v) is 1.98. The van der Waals surface area contributed by atoms with Crippen LogP contribution in [0.2, 0.25) is 0 Å². The van der Waals surface area contributed by atoms with Crippen molar-refractivity contribution in [1.82, 2.24) is 0 Å². The molecule has 9 heavy (non-hydrogen) atoms. The summed E-state index contributed by atoms with van der Waals surface area (Å²) in [7, 11) is 0. The van der Waals surface area contributed by atoms with Crippen LogP contribution in [0.4, 0.5) is 0 Å². The monoisotopic (exact) mass is 146 g/mol. The van der Waals surface area contributed by atoms with Crippen molar-refractivity contribution in [2.24, 2.45) is 0 Å². The molecule has 0 heterocycles. The fraction of sp³-hybridized carbons (Fsp3) is 0. The molecule has 0 spiro atoms. The van der Waals surface area contributed by atoms with E-state index in [-0.39, 0.29) is 0 Å². The smallest absolute Gasteiger partial charge is 0.252 e. The standard InChI is InChI=1S/C7H5ClO/c8-7(9)6-4-2-1-3-5-6/h1-5H/i1+1,2+1,3+1,4+1,6+1,7+1. The van der Waals surface area contributed by atoms with E-state index in [2.05, 4.69) is 0 Å². The maximum absolute atomic E-state index is 10.4. The molecule has 0 aliphatic heterocycles. The van der Waals surface area contributed by atoms with Gasteiger partial charge in [-0.25, -0.2) is 0 Å². The Morgan fingerprint density at radius 2 is 1.78 bits per heavy atom. The van der Waals surface area contributed by atoms with Crippen molar-refractivity contribution < 1.29 is 4.79 Å². The van der Waals surface area contributed by atoms with E-state index in [0.717, 1.165) is 0 Å². The van der Waals surface area contributed by atoms with Gasteiger partial charge in [-0.3, -0.25) is 4.79 Å². The van der Waals surface area contributed by atoms with Gasteiger partial charge >= 0.3 is 0 Å². The SMILES string of the molecule is O=[13C](Cl)[13c]1c[13cH][13cH][13cH][13cH]1. The molecular formula is C7H5ClO. The highest BCUT2D eigenvalue weighted by Gasteiger charge is 1.95. The fourth-order valence-corrected chi connectivity index (χ4v) is 0.695. The first kappa shape index (κ1) is 6.30. The van der Waals surface area contributed by atoms with Crippen LogP contribution in [0, 0.1) is 0 Å². The van der Waals surface area contributed by atoms with Crippen LogP contribution in [0.25, 0.3) is 0 Å². The second kappa shape index (κ2) is 2.65. The largest absolute Gasteiger partial charge is 0.276 e. The molecule has 0 N–H and O–H groups in total. The van der Waals surface area contributed by atoms with E-state index in [9.17, 15) is 4.79 Å². The molecular weight excluding hydrogens is 141 g/mol. The predicted octanol–water partition coefficient (Wildman–Crippen LogP) is 2.07. The van der Waals surface area contributed by atoms with Crippen LogP contribution in [-0.4, -0.2) is 5.24 Å². The summed E-state index contributed by atoms with van der Waals surface area (Å²) >= 11 is 5.16. The molecule has 1 rings (SSSR count). The topological polar surface area (TPSA) is 17.1 Å². The van der Waals surface area contributed by atoms with E-state index >= 15 is 0 Å². The van der Waals surface area contributed by atoms with E-state index < -0.39 is 5.24 Å². The highest BCUT2D eigenvalue weighted by Crippen LogP contribution is 2.01. The average molecular weight is 147 g/mol. The molecule has 1 aromatic carbocycles. The minimum atomic E-state index is -0.407. The summed E-state index contributed by atoms with van der Waals surface area (Å²) in [6.45, 7) is 0. The zero-order chi connectivity index (χ0) is 6.69. The maximum atomic E-state index is 10.4. The van der Waals surface area contributed by atoms with Gasteiger partial charge in [0.25, 0.3) is 5.24 Å². The quantitative estimate of drug-likeness (QED) is 0.438. The third-order valence-electron chi connectivity index (χ3n) is 1.00. The number of hydrogen-bond acceptors (Lipinski definition) is 1. The van der Waals surface area contributed by atoms with Crippen LogP contribution in [0.1, 0.15) is 10.4 Å². The summed E-state index contributed by atoms with van der Waals surface area (Å²) in [4.78, 5) is 10.4. The summed E-state index contributed by atoms with van der Waals surface area (Å²) in [5, 5.41) is -0.407. The molecule has 0 bridgehead atoms. The van der Waals surface area contributed by atoms with Crippen molar-refractivity contribution in [3.8, 4) is 0 Å². The van der Waals surface area contributed by atoms with Gasteiger partial charge in [-0.15, -0.1) is 0 Å². The zero-order valence-corrected chi connectivity index (χ0v) is 5.43. The van der Waals surface area contributed by atoms with Gasteiger partial charge in [0.2, 0.25) is 0 Å². The van der Waals surface area contributed by atoms with Crippen LogP contribution in [0.15, 0.2) is 30.3 Å². The van der Waals surface area contributed by atoms with E-state index in [1.807, 2.05) is 6.07 Å². The van der Waals surface area contributed by atoms with Crippen molar-refractivity contribution in [2.45, 2.75) is 0 Å². The molecule has 0 aliphatic carbocycles. The van der Waals surface area contributed by atoms with Crippen LogP contribution in [-0.2, 0) is 0 Å². The van der Waals surface area contributed by atoms with Gasteiger partial charge in [-0.1, -0.05) is 30.3 Å². The lowest BCUT2D eigenvalue weighted by molar-refractivity contribution is 0.108.